The zero-order valence-electron chi connectivity index (χ0n) is 12.6. The lowest BCUT2D eigenvalue weighted by molar-refractivity contribution is 0.320. The van der Waals surface area contributed by atoms with E-state index in [9.17, 15) is 14.3 Å². The zero-order chi connectivity index (χ0) is 16.4. The number of hydrogen-bond donors (Lipinski definition) is 2. The molecule has 5 heteroatoms. The Morgan fingerprint density at radius 2 is 1.91 bits per heavy atom. The number of nitrogens with one attached hydrogen (secondary N) is 1. The monoisotopic (exact) mass is 313 g/mol. The number of pyridine rings is 1. The number of phenols is 1. The van der Waals surface area contributed by atoms with E-state index in [2.05, 4.69) is 4.98 Å². The summed E-state index contributed by atoms with van der Waals surface area (Å²) in [7, 11) is 0. The van der Waals surface area contributed by atoms with Gasteiger partial charge in [-0.2, -0.15) is 0 Å². The van der Waals surface area contributed by atoms with Gasteiger partial charge in [-0.05, 0) is 36.2 Å². The second-order valence-electron chi connectivity index (χ2n) is 5.22. The summed E-state index contributed by atoms with van der Waals surface area (Å²) in [5, 5.41) is 9.32. The van der Waals surface area contributed by atoms with Crippen molar-refractivity contribution in [2.75, 3.05) is 6.61 Å². The van der Waals surface area contributed by atoms with Crippen molar-refractivity contribution in [1.29, 1.82) is 0 Å². The number of halogens is 1. The molecule has 23 heavy (non-hydrogen) atoms. The predicted octanol–water partition coefficient (Wildman–Crippen LogP) is 3.83. The van der Waals surface area contributed by atoms with Crippen LogP contribution in [0, 0.1) is 5.82 Å². The molecule has 118 valence electrons. The van der Waals surface area contributed by atoms with Crippen LogP contribution >= 0.6 is 0 Å². The summed E-state index contributed by atoms with van der Waals surface area (Å²) in [5.41, 5.74) is 0.879. The van der Waals surface area contributed by atoms with Gasteiger partial charge in [0.05, 0.1) is 17.5 Å². The number of H-pyrrole nitrogens is 1. The molecule has 0 aliphatic heterocycles. The molecule has 0 saturated heterocycles. The van der Waals surface area contributed by atoms with Gasteiger partial charge in [0.2, 0.25) is 0 Å². The summed E-state index contributed by atoms with van der Waals surface area (Å²) < 4.78 is 19.8. The molecule has 2 N–H and O–H groups in total. The Morgan fingerprint density at radius 3 is 2.61 bits per heavy atom. The van der Waals surface area contributed by atoms with Crippen LogP contribution in [0.2, 0.25) is 0 Å². The molecular weight excluding hydrogens is 297 g/mol. The highest BCUT2D eigenvalue weighted by Crippen LogP contribution is 2.27. The fourth-order valence-corrected chi connectivity index (χ4v) is 2.46. The van der Waals surface area contributed by atoms with Gasteiger partial charge in [-0.25, -0.2) is 4.39 Å². The number of rotatable bonds is 4. The molecule has 0 bridgehead atoms. The van der Waals surface area contributed by atoms with Crippen LogP contribution in [0.3, 0.4) is 0 Å². The summed E-state index contributed by atoms with van der Waals surface area (Å²) in [4.78, 5) is 15.6. The van der Waals surface area contributed by atoms with Gasteiger partial charge in [-0.1, -0.05) is 19.1 Å². The van der Waals surface area contributed by atoms with E-state index < -0.39 is 11.2 Å². The summed E-state index contributed by atoms with van der Waals surface area (Å²) >= 11 is 0. The molecule has 0 radical (unpaired) electrons. The summed E-state index contributed by atoms with van der Waals surface area (Å²) in [6, 6.07) is 8.95. The molecule has 0 unspecified atom stereocenters. The van der Waals surface area contributed by atoms with Gasteiger partial charge in [0.25, 0.3) is 0 Å². The molecule has 0 aliphatic carbocycles. The van der Waals surface area contributed by atoms with E-state index in [1.165, 1.54) is 30.5 Å². The van der Waals surface area contributed by atoms with Gasteiger partial charge in [-0.3, -0.25) is 4.79 Å². The predicted molar refractivity (Wildman–Crippen MR) is 87.4 cm³/mol. The van der Waals surface area contributed by atoms with E-state index >= 15 is 0 Å². The molecule has 0 fully saturated rings. The van der Waals surface area contributed by atoms with Gasteiger partial charge in [0, 0.05) is 11.8 Å². The molecule has 2 aromatic carbocycles. The van der Waals surface area contributed by atoms with Crippen molar-refractivity contribution in [2.24, 2.45) is 0 Å². The minimum atomic E-state index is -0.592. The number of benzene rings is 2. The SMILES string of the molecule is CCCOc1ccc(F)c2c(=O)c(-c3ccc(O)cc3)c[nH]c12. The second-order valence-corrected chi connectivity index (χ2v) is 5.22. The molecule has 4 nitrogen and oxygen atoms in total. The quantitative estimate of drug-likeness (QED) is 0.769. The number of aromatic amines is 1. The topological polar surface area (TPSA) is 62.3 Å². The van der Waals surface area contributed by atoms with Crippen molar-refractivity contribution in [1.82, 2.24) is 4.98 Å². The number of aromatic nitrogens is 1. The van der Waals surface area contributed by atoms with Crippen LogP contribution in [0.15, 0.2) is 47.4 Å². The number of aromatic hydroxyl groups is 1. The van der Waals surface area contributed by atoms with Gasteiger partial charge < -0.3 is 14.8 Å². The van der Waals surface area contributed by atoms with Gasteiger partial charge >= 0.3 is 0 Å². The van der Waals surface area contributed by atoms with Crippen molar-refractivity contribution in [2.45, 2.75) is 13.3 Å². The Kier molecular flexibility index (Phi) is 4.02. The maximum Gasteiger partial charge on any atom is 0.200 e. The Bertz CT molecular complexity index is 901. The van der Waals surface area contributed by atoms with E-state index in [1.807, 2.05) is 6.92 Å². The molecule has 3 aromatic rings. The van der Waals surface area contributed by atoms with Crippen molar-refractivity contribution in [3.63, 3.8) is 0 Å². The fraction of sp³-hybridized carbons (Fsp3) is 0.167. The largest absolute Gasteiger partial charge is 0.508 e. The maximum atomic E-state index is 14.2. The molecular formula is C18H16FNO3. The molecule has 0 aliphatic rings. The zero-order valence-corrected chi connectivity index (χ0v) is 12.6. The summed E-state index contributed by atoms with van der Waals surface area (Å²) in [6.45, 7) is 2.46. The van der Waals surface area contributed by atoms with Crippen molar-refractivity contribution in [3.05, 3.63) is 58.6 Å². The highest BCUT2D eigenvalue weighted by atomic mass is 19.1. The lowest BCUT2D eigenvalue weighted by Gasteiger charge is -2.10. The second kappa shape index (κ2) is 6.12. The number of phenolic OH excluding ortho intramolecular Hbond substituents is 1. The van der Waals surface area contributed by atoms with Crippen LogP contribution in [0.1, 0.15) is 13.3 Å². The number of hydrogen-bond acceptors (Lipinski definition) is 3. The average Bonchev–Trinajstić information content (AvgIpc) is 2.55. The maximum absolute atomic E-state index is 14.2. The van der Waals surface area contributed by atoms with Crippen LogP contribution in [-0.4, -0.2) is 16.7 Å². The van der Waals surface area contributed by atoms with Gasteiger partial charge in [0.1, 0.15) is 17.3 Å². The molecule has 0 amide bonds. The van der Waals surface area contributed by atoms with E-state index in [-0.39, 0.29) is 11.1 Å². The minimum absolute atomic E-state index is 0.0239. The Hall–Kier alpha value is -2.82. The molecule has 0 spiro atoms. The highest BCUT2D eigenvalue weighted by molar-refractivity contribution is 5.88. The number of fused-ring (bicyclic) bond motifs is 1. The third-order valence-electron chi connectivity index (χ3n) is 3.59. The third kappa shape index (κ3) is 2.77. The van der Waals surface area contributed by atoms with Crippen molar-refractivity contribution >= 4 is 10.9 Å². The minimum Gasteiger partial charge on any atom is -0.508 e. The van der Waals surface area contributed by atoms with Crippen LogP contribution in [0.25, 0.3) is 22.0 Å². The van der Waals surface area contributed by atoms with Gasteiger partial charge in [0.15, 0.2) is 5.43 Å². The van der Waals surface area contributed by atoms with Crippen molar-refractivity contribution in [3.8, 4) is 22.6 Å². The molecule has 3 rings (SSSR count). The van der Waals surface area contributed by atoms with Crippen LogP contribution in [0.5, 0.6) is 11.5 Å². The fourth-order valence-electron chi connectivity index (χ4n) is 2.46. The van der Waals surface area contributed by atoms with E-state index in [0.717, 1.165) is 6.42 Å². The molecule has 0 saturated carbocycles. The molecule has 1 heterocycles. The van der Waals surface area contributed by atoms with E-state index in [0.29, 0.717) is 29.0 Å². The number of ether oxygens (including phenoxy) is 1. The Balaban J connectivity index is 2.21. The molecule has 1 aromatic heterocycles. The average molecular weight is 313 g/mol. The summed E-state index contributed by atoms with van der Waals surface area (Å²) in [6.07, 6.45) is 2.35. The Morgan fingerprint density at radius 1 is 1.17 bits per heavy atom. The highest BCUT2D eigenvalue weighted by Gasteiger charge is 2.14. The first-order valence-corrected chi connectivity index (χ1v) is 7.38. The standard InChI is InChI=1S/C18H16FNO3/c1-2-9-23-15-8-7-14(19)16-17(15)20-10-13(18(16)22)11-3-5-12(21)6-4-11/h3-8,10,21H,2,9H2,1H3,(H,20,22). The third-order valence-corrected chi connectivity index (χ3v) is 3.59. The first-order chi connectivity index (χ1) is 11.1. The Labute approximate surface area is 132 Å². The smallest absolute Gasteiger partial charge is 0.200 e. The van der Waals surface area contributed by atoms with Gasteiger partial charge in [-0.15, -0.1) is 0 Å². The summed E-state index contributed by atoms with van der Waals surface area (Å²) in [5.74, 6) is -0.0317. The van der Waals surface area contributed by atoms with E-state index in [1.54, 1.807) is 12.1 Å². The lowest BCUT2D eigenvalue weighted by Crippen LogP contribution is -2.09. The van der Waals surface area contributed by atoms with Crippen molar-refractivity contribution < 1.29 is 14.2 Å². The van der Waals surface area contributed by atoms with Crippen LogP contribution < -0.4 is 10.2 Å². The molecule has 0 atom stereocenters. The van der Waals surface area contributed by atoms with E-state index in [4.69, 9.17) is 4.74 Å². The van der Waals surface area contributed by atoms with Crippen LogP contribution in [0.4, 0.5) is 4.39 Å². The first-order valence-electron chi connectivity index (χ1n) is 7.38. The first kappa shape index (κ1) is 15.1. The van der Waals surface area contributed by atoms with Crippen LogP contribution in [-0.2, 0) is 0 Å². The normalized spacial score (nSPS) is 10.9. The lowest BCUT2D eigenvalue weighted by atomic mass is 10.0.